The molecule has 1 amide bonds. The Morgan fingerprint density at radius 3 is 2.52 bits per heavy atom. The Bertz CT molecular complexity index is 814. The molecule has 4 N–H and O–H groups in total. The van der Waals surface area contributed by atoms with Crippen molar-refractivity contribution in [3.8, 4) is 5.75 Å². The summed E-state index contributed by atoms with van der Waals surface area (Å²) in [5.74, 6) is 1.11. The van der Waals surface area contributed by atoms with Gasteiger partial charge in [0.05, 0.1) is 19.9 Å². The summed E-state index contributed by atoms with van der Waals surface area (Å²) >= 11 is 0. The van der Waals surface area contributed by atoms with Crippen LogP contribution in [0.2, 0.25) is 0 Å². The van der Waals surface area contributed by atoms with Crippen molar-refractivity contribution in [2.45, 2.75) is 19.4 Å². The van der Waals surface area contributed by atoms with Crippen molar-refractivity contribution in [1.82, 2.24) is 25.7 Å². The number of aliphatic imine (C=N–C) groups is 1. The van der Waals surface area contributed by atoms with Gasteiger partial charge in [0.15, 0.2) is 5.96 Å². The minimum atomic E-state index is -1.13. The van der Waals surface area contributed by atoms with E-state index < -0.39 is 5.60 Å². The maximum atomic E-state index is 12.2. The molecule has 1 aromatic heterocycles. The number of nitrogens with one attached hydrogen (secondary N) is 3. The molecule has 1 heterocycles. The number of amides is 1. The van der Waals surface area contributed by atoms with Crippen LogP contribution in [-0.4, -0.2) is 60.0 Å². The maximum absolute atomic E-state index is 12.2. The molecule has 0 aliphatic carbocycles. The van der Waals surface area contributed by atoms with Gasteiger partial charge in [-0.3, -0.25) is 9.48 Å². The van der Waals surface area contributed by atoms with Gasteiger partial charge in [-0.25, -0.2) is 4.99 Å². The van der Waals surface area contributed by atoms with E-state index in [9.17, 15) is 9.90 Å². The third-order valence-electron chi connectivity index (χ3n) is 4.27. The first-order valence-corrected chi connectivity index (χ1v) is 9.51. The summed E-state index contributed by atoms with van der Waals surface area (Å²) in [6.45, 7) is 5.43. The van der Waals surface area contributed by atoms with E-state index in [1.807, 2.05) is 6.92 Å². The van der Waals surface area contributed by atoms with E-state index in [1.165, 1.54) is 0 Å². The fraction of sp³-hybridized carbons (Fsp3) is 0.450. The van der Waals surface area contributed by atoms with Gasteiger partial charge in [-0.1, -0.05) is 0 Å². The molecule has 0 aliphatic heterocycles. The van der Waals surface area contributed by atoms with Gasteiger partial charge in [-0.2, -0.15) is 5.10 Å². The van der Waals surface area contributed by atoms with Crippen molar-refractivity contribution in [1.29, 1.82) is 0 Å². The first kappa shape index (κ1) is 22.2. The number of aryl methyl sites for hydroxylation is 1. The predicted molar refractivity (Wildman–Crippen MR) is 112 cm³/mol. The van der Waals surface area contributed by atoms with E-state index in [1.54, 1.807) is 62.4 Å². The highest BCUT2D eigenvalue weighted by molar-refractivity contribution is 5.94. The van der Waals surface area contributed by atoms with Gasteiger partial charge >= 0.3 is 0 Å². The zero-order valence-electron chi connectivity index (χ0n) is 17.4. The smallest absolute Gasteiger partial charge is 0.251 e. The molecule has 29 heavy (non-hydrogen) atoms. The Balaban J connectivity index is 1.83. The van der Waals surface area contributed by atoms with Gasteiger partial charge in [0.25, 0.3) is 5.91 Å². The second kappa shape index (κ2) is 10.5. The third-order valence-corrected chi connectivity index (χ3v) is 4.27. The SMILES string of the molecule is CCNC(=NCC(C)(O)c1cnn(C)c1)NCCNC(=O)c1ccc(OC)cc1. The number of hydrogen-bond donors (Lipinski definition) is 4. The van der Waals surface area contributed by atoms with Gasteiger partial charge in [0.1, 0.15) is 11.4 Å². The molecular weight excluding hydrogens is 372 g/mol. The lowest BCUT2D eigenvalue weighted by Crippen LogP contribution is -2.42. The van der Waals surface area contributed by atoms with Crippen molar-refractivity contribution in [3.05, 3.63) is 47.8 Å². The fourth-order valence-corrected chi connectivity index (χ4v) is 2.57. The van der Waals surface area contributed by atoms with Crippen LogP contribution >= 0.6 is 0 Å². The van der Waals surface area contributed by atoms with Crippen LogP contribution in [-0.2, 0) is 12.6 Å². The number of hydrogen-bond acceptors (Lipinski definition) is 5. The number of aliphatic hydroxyl groups is 1. The molecule has 1 aromatic carbocycles. The zero-order valence-corrected chi connectivity index (χ0v) is 17.4. The van der Waals surface area contributed by atoms with E-state index in [-0.39, 0.29) is 12.5 Å². The highest BCUT2D eigenvalue weighted by Crippen LogP contribution is 2.19. The lowest BCUT2D eigenvalue weighted by Gasteiger charge is -2.20. The number of carbonyl (C=O) groups is 1. The monoisotopic (exact) mass is 402 g/mol. The number of guanidine groups is 1. The standard InChI is InChI=1S/C20H30N6O3/c1-5-21-19(24-14-20(2,28)16-12-25-26(3)13-16)23-11-10-22-18(27)15-6-8-17(29-4)9-7-15/h6-9,12-13,28H,5,10-11,14H2,1-4H3,(H,22,27)(H2,21,23,24). The topological polar surface area (TPSA) is 113 Å². The number of rotatable bonds is 9. The molecule has 0 spiro atoms. The van der Waals surface area contributed by atoms with E-state index in [2.05, 4.69) is 26.0 Å². The number of benzene rings is 1. The maximum Gasteiger partial charge on any atom is 0.251 e. The van der Waals surface area contributed by atoms with Crippen LogP contribution in [0.5, 0.6) is 5.75 Å². The highest BCUT2D eigenvalue weighted by Gasteiger charge is 2.24. The van der Waals surface area contributed by atoms with E-state index in [4.69, 9.17) is 4.74 Å². The number of aromatic nitrogens is 2. The third kappa shape index (κ3) is 6.79. The number of methoxy groups -OCH3 is 1. The fourth-order valence-electron chi connectivity index (χ4n) is 2.57. The summed E-state index contributed by atoms with van der Waals surface area (Å²) in [4.78, 5) is 16.6. The van der Waals surface area contributed by atoms with Crippen LogP contribution in [0.3, 0.4) is 0 Å². The van der Waals surface area contributed by atoms with Crippen molar-refractivity contribution < 1.29 is 14.6 Å². The van der Waals surface area contributed by atoms with Gasteiger partial charge in [-0.15, -0.1) is 0 Å². The average Bonchev–Trinajstić information content (AvgIpc) is 3.16. The summed E-state index contributed by atoms with van der Waals surface area (Å²) in [6.07, 6.45) is 3.40. The van der Waals surface area contributed by atoms with Crippen molar-refractivity contribution in [2.24, 2.45) is 12.0 Å². The number of nitrogens with zero attached hydrogens (tertiary/aromatic N) is 3. The van der Waals surface area contributed by atoms with Gasteiger partial charge in [-0.05, 0) is 38.1 Å². The number of carbonyl (C=O) groups excluding carboxylic acids is 1. The Morgan fingerprint density at radius 2 is 1.93 bits per heavy atom. The molecule has 2 aromatic rings. The Labute approximate surface area is 171 Å². The van der Waals surface area contributed by atoms with Crippen LogP contribution in [0, 0.1) is 0 Å². The van der Waals surface area contributed by atoms with E-state index >= 15 is 0 Å². The van der Waals surface area contributed by atoms with Crippen LogP contribution in [0.1, 0.15) is 29.8 Å². The average molecular weight is 402 g/mol. The predicted octanol–water partition coefficient (Wildman–Crippen LogP) is 0.621. The molecule has 0 saturated heterocycles. The molecule has 9 nitrogen and oxygen atoms in total. The van der Waals surface area contributed by atoms with Crippen LogP contribution in [0.15, 0.2) is 41.7 Å². The lowest BCUT2D eigenvalue weighted by atomic mass is 10.0. The van der Waals surface area contributed by atoms with Gasteiger partial charge in [0.2, 0.25) is 0 Å². The molecule has 9 heteroatoms. The van der Waals surface area contributed by atoms with E-state index in [0.29, 0.717) is 42.5 Å². The molecule has 0 aliphatic rings. The normalized spacial score (nSPS) is 13.5. The van der Waals surface area contributed by atoms with Crippen LogP contribution < -0.4 is 20.7 Å². The minimum Gasteiger partial charge on any atom is -0.497 e. The molecule has 2 rings (SSSR count). The Morgan fingerprint density at radius 1 is 1.24 bits per heavy atom. The molecule has 0 radical (unpaired) electrons. The first-order chi connectivity index (χ1) is 13.9. The van der Waals surface area contributed by atoms with Gasteiger partial charge < -0.3 is 25.8 Å². The van der Waals surface area contributed by atoms with E-state index in [0.717, 1.165) is 0 Å². The lowest BCUT2D eigenvalue weighted by molar-refractivity contribution is 0.0672. The van der Waals surface area contributed by atoms with Crippen molar-refractivity contribution in [3.63, 3.8) is 0 Å². The quantitative estimate of drug-likeness (QED) is 0.278. The largest absolute Gasteiger partial charge is 0.497 e. The number of ether oxygens (including phenoxy) is 1. The molecule has 0 fully saturated rings. The molecule has 158 valence electrons. The highest BCUT2D eigenvalue weighted by atomic mass is 16.5. The molecule has 1 atom stereocenters. The summed E-state index contributed by atoms with van der Waals surface area (Å²) in [7, 11) is 3.38. The minimum absolute atomic E-state index is 0.157. The second-order valence-corrected chi connectivity index (χ2v) is 6.78. The van der Waals surface area contributed by atoms with Crippen molar-refractivity contribution >= 4 is 11.9 Å². The zero-order chi connectivity index (χ0) is 21.3. The second-order valence-electron chi connectivity index (χ2n) is 6.78. The Hall–Kier alpha value is -3.07. The van der Waals surface area contributed by atoms with Crippen molar-refractivity contribution in [2.75, 3.05) is 33.3 Å². The molecular formula is C20H30N6O3. The van der Waals surface area contributed by atoms with Crippen LogP contribution in [0.4, 0.5) is 0 Å². The first-order valence-electron chi connectivity index (χ1n) is 9.51. The van der Waals surface area contributed by atoms with Crippen LogP contribution in [0.25, 0.3) is 0 Å². The molecule has 0 bridgehead atoms. The van der Waals surface area contributed by atoms with Gasteiger partial charge in [0, 0.05) is 44.0 Å². The molecule has 1 unspecified atom stereocenters. The molecule has 0 saturated carbocycles. The Kier molecular flexibility index (Phi) is 8.02. The summed E-state index contributed by atoms with van der Waals surface area (Å²) in [5.41, 5.74) is 0.143. The summed E-state index contributed by atoms with van der Waals surface area (Å²) in [6, 6.07) is 6.93. The summed E-state index contributed by atoms with van der Waals surface area (Å²) < 4.78 is 6.73. The summed E-state index contributed by atoms with van der Waals surface area (Å²) in [5, 5.41) is 23.9.